The third kappa shape index (κ3) is 3.07. The Labute approximate surface area is 126 Å². The van der Waals surface area contributed by atoms with Crippen LogP contribution in [0.4, 0.5) is 0 Å². The first-order valence-corrected chi connectivity index (χ1v) is 8.49. The first kappa shape index (κ1) is 14.1. The summed E-state index contributed by atoms with van der Waals surface area (Å²) < 4.78 is 33.2. The number of nitrogens with zero attached hydrogens (tertiary/aromatic N) is 2. The third-order valence-corrected chi connectivity index (χ3v) is 5.23. The van der Waals surface area contributed by atoms with Gasteiger partial charge >= 0.3 is 0 Å². The van der Waals surface area contributed by atoms with E-state index in [9.17, 15) is 8.42 Å². The SMILES string of the molecule is Cn1cc(S(=O)(=O)NCc2cc(-c3ccoc3)cs2)cn1. The predicted octanol–water partition coefficient (Wildman–Crippen LogP) is 2.22. The van der Waals surface area contributed by atoms with Gasteiger partial charge in [-0.15, -0.1) is 11.3 Å². The minimum Gasteiger partial charge on any atom is -0.472 e. The summed E-state index contributed by atoms with van der Waals surface area (Å²) in [5, 5.41) is 5.84. The summed E-state index contributed by atoms with van der Waals surface area (Å²) in [5.41, 5.74) is 2.00. The van der Waals surface area contributed by atoms with E-state index in [2.05, 4.69) is 9.82 Å². The molecule has 0 bridgehead atoms. The molecule has 0 aromatic carbocycles. The van der Waals surface area contributed by atoms with Gasteiger partial charge in [-0.05, 0) is 23.1 Å². The van der Waals surface area contributed by atoms with Crippen LogP contribution in [0.2, 0.25) is 0 Å². The number of aromatic nitrogens is 2. The second kappa shape index (κ2) is 5.47. The van der Waals surface area contributed by atoms with Crippen LogP contribution in [-0.4, -0.2) is 18.2 Å². The predicted molar refractivity (Wildman–Crippen MR) is 79.3 cm³/mol. The molecule has 0 saturated carbocycles. The zero-order chi connectivity index (χ0) is 14.9. The smallest absolute Gasteiger partial charge is 0.244 e. The number of hydrogen-bond donors (Lipinski definition) is 1. The molecule has 0 saturated heterocycles. The Morgan fingerprint density at radius 2 is 2.29 bits per heavy atom. The first-order chi connectivity index (χ1) is 10.0. The van der Waals surface area contributed by atoms with Crippen LogP contribution in [0.5, 0.6) is 0 Å². The van der Waals surface area contributed by atoms with Crippen molar-refractivity contribution in [1.29, 1.82) is 0 Å². The third-order valence-electron chi connectivity index (χ3n) is 2.94. The fraction of sp³-hybridized carbons (Fsp3) is 0.154. The lowest BCUT2D eigenvalue weighted by Crippen LogP contribution is -2.22. The molecule has 3 rings (SSSR count). The Bertz CT molecular complexity index is 832. The standard InChI is InChI=1S/C13H13N3O3S2/c1-16-7-13(6-14-16)21(17,18)15-5-12-4-11(9-20-12)10-2-3-19-8-10/h2-4,6-9,15H,5H2,1H3. The van der Waals surface area contributed by atoms with Crippen molar-refractivity contribution >= 4 is 21.4 Å². The molecular formula is C13H13N3O3S2. The van der Waals surface area contributed by atoms with E-state index in [1.807, 2.05) is 17.5 Å². The van der Waals surface area contributed by atoms with Crippen molar-refractivity contribution in [1.82, 2.24) is 14.5 Å². The van der Waals surface area contributed by atoms with Gasteiger partial charge in [0.2, 0.25) is 10.0 Å². The number of thiophene rings is 1. The molecule has 0 unspecified atom stereocenters. The summed E-state index contributed by atoms with van der Waals surface area (Å²) in [6.07, 6.45) is 6.06. The highest BCUT2D eigenvalue weighted by atomic mass is 32.2. The van der Waals surface area contributed by atoms with Gasteiger partial charge in [-0.25, -0.2) is 13.1 Å². The zero-order valence-electron chi connectivity index (χ0n) is 11.2. The van der Waals surface area contributed by atoms with Gasteiger partial charge < -0.3 is 4.42 Å². The van der Waals surface area contributed by atoms with Crippen LogP contribution < -0.4 is 4.72 Å². The van der Waals surface area contributed by atoms with Crippen molar-refractivity contribution in [2.24, 2.45) is 7.05 Å². The number of rotatable bonds is 5. The lowest BCUT2D eigenvalue weighted by molar-refractivity contribution is 0.568. The van der Waals surface area contributed by atoms with Gasteiger partial charge in [0.25, 0.3) is 0 Å². The van der Waals surface area contributed by atoms with Crippen LogP contribution in [-0.2, 0) is 23.6 Å². The Morgan fingerprint density at radius 1 is 1.43 bits per heavy atom. The van der Waals surface area contributed by atoms with Crippen molar-refractivity contribution in [3.05, 3.63) is 47.3 Å². The van der Waals surface area contributed by atoms with Crippen LogP contribution in [0.15, 0.2) is 51.7 Å². The minimum absolute atomic E-state index is 0.164. The number of nitrogens with one attached hydrogen (secondary N) is 1. The maximum absolute atomic E-state index is 12.1. The number of sulfonamides is 1. The summed E-state index contributed by atoms with van der Waals surface area (Å²) in [5.74, 6) is 0. The van der Waals surface area contributed by atoms with Crippen LogP contribution in [0, 0.1) is 0 Å². The molecule has 8 heteroatoms. The number of furan rings is 1. The average molecular weight is 323 g/mol. The molecule has 3 heterocycles. The van der Waals surface area contributed by atoms with Crippen LogP contribution in [0.25, 0.3) is 11.1 Å². The normalized spacial score (nSPS) is 11.9. The minimum atomic E-state index is -3.53. The molecule has 110 valence electrons. The fourth-order valence-corrected chi connectivity index (χ4v) is 3.75. The quantitative estimate of drug-likeness (QED) is 0.781. The summed E-state index contributed by atoms with van der Waals surface area (Å²) >= 11 is 1.50. The highest BCUT2D eigenvalue weighted by Gasteiger charge is 2.16. The van der Waals surface area contributed by atoms with Gasteiger partial charge in [0.05, 0.1) is 18.7 Å². The summed E-state index contributed by atoms with van der Waals surface area (Å²) in [6.45, 7) is 0.250. The first-order valence-electron chi connectivity index (χ1n) is 6.13. The Hall–Kier alpha value is -1.90. The van der Waals surface area contributed by atoms with Gasteiger partial charge in [0.1, 0.15) is 4.90 Å². The summed E-state index contributed by atoms with van der Waals surface area (Å²) in [4.78, 5) is 1.09. The molecule has 3 aromatic rings. The maximum Gasteiger partial charge on any atom is 0.244 e. The Balaban J connectivity index is 1.71. The van der Waals surface area contributed by atoms with E-state index in [4.69, 9.17) is 4.42 Å². The molecule has 0 aliphatic carbocycles. The molecule has 3 aromatic heterocycles. The topological polar surface area (TPSA) is 77.1 Å². The average Bonchev–Trinajstić information content (AvgIpc) is 3.17. The fourth-order valence-electron chi connectivity index (χ4n) is 1.84. The van der Waals surface area contributed by atoms with E-state index in [0.717, 1.165) is 16.0 Å². The van der Waals surface area contributed by atoms with Gasteiger partial charge in [-0.3, -0.25) is 4.68 Å². The van der Waals surface area contributed by atoms with Crippen LogP contribution in [0.3, 0.4) is 0 Å². The summed E-state index contributed by atoms with van der Waals surface area (Å²) in [6, 6.07) is 3.81. The molecule has 0 aliphatic rings. The number of hydrogen-bond acceptors (Lipinski definition) is 5. The van der Waals surface area contributed by atoms with Crippen molar-refractivity contribution in [3.63, 3.8) is 0 Å². The molecular weight excluding hydrogens is 310 g/mol. The van der Waals surface area contributed by atoms with Crippen molar-refractivity contribution in [3.8, 4) is 11.1 Å². The molecule has 21 heavy (non-hydrogen) atoms. The lowest BCUT2D eigenvalue weighted by Gasteiger charge is -2.02. The Morgan fingerprint density at radius 3 is 2.95 bits per heavy atom. The van der Waals surface area contributed by atoms with E-state index in [-0.39, 0.29) is 11.4 Å². The molecule has 6 nitrogen and oxygen atoms in total. The molecule has 0 amide bonds. The van der Waals surface area contributed by atoms with Gasteiger partial charge in [-0.1, -0.05) is 0 Å². The highest BCUT2D eigenvalue weighted by Crippen LogP contribution is 2.26. The number of aryl methyl sites for hydroxylation is 1. The van der Waals surface area contributed by atoms with Gasteiger partial charge in [-0.2, -0.15) is 5.10 Å². The lowest BCUT2D eigenvalue weighted by atomic mass is 10.2. The van der Waals surface area contributed by atoms with E-state index >= 15 is 0 Å². The molecule has 1 N–H and O–H groups in total. The van der Waals surface area contributed by atoms with E-state index in [1.165, 1.54) is 28.4 Å². The molecule has 0 aliphatic heterocycles. The zero-order valence-corrected chi connectivity index (χ0v) is 12.8. The summed E-state index contributed by atoms with van der Waals surface area (Å²) in [7, 11) is -1.85. The van der Waals surface area contributed by atoms with E-state index in [0.29, 0.717) is 0 Å². The van der Waals surface area contributed by atoms with Crippen LogP contribution >= 0.6 is 11.3 Å². The highest BCUT2D eigenvalue weighted by molar-refractivity contribution is 7.89. The molecule has 0 radical (unpaired) electrons. The maximum atomic E-state index is 12.1. The second-order valence-electron chi connectivity index (χ2n) is 4.49. The molecule has 0 spiro atoms. The molecule has 0 atom stereocenters. The second-order valence-corrected chi connectivity index (χ2v) is 7.25. The van der Waals surface area contributed by atoms with Gasteiger partial charge in [0.15, 0.2) is 0 Å². The van der Waals surface area contributed by atoms with E-state index in [1.54, 1.807) is 19.6 Å². The molecule has 0 fully saturated rings. The van der Waals surface area contributed by atoms with Crippen molar-refractivity contribution < 1.29 is 12.8 Å². The van der Waals surface area contributed by atoms with Crippen molar-refractivity contribution in [2.45, 2.75) is 11.4 Å². The largest absolute Gasteiger partial charge is 0.472 e. The van der Waals surface area contributed by atoms with Gasteiger partial charge in [0, 0.05) is 30.2 Å². The monoisotopic (exact) mass is 323 g/mol. The Kier molecular flexibility index (Phi) is 3.66. The van der Waals surface area contributed by atoms with Crippen molar-refractivity contribution in [2.75, 3.05) is 0 Å². The van der Waals surface area contributed by atoms with Crippen LogP contribution in [0.1, 0.15) is 4.88 Å². The van der Waals surface area contributed by atoms with E-state index < -0.39 is 10.0 Å².